The van der Waals surface area contributed by atoms with Gasteiger partial charge in [-0.3, -0.25) is 0 Å². The average molecular weight is 344 g/mol. The Kier molecular flexibility index (Phi) is 5.95. The van der Waals surface area contributed by atoms with Gasteiger partial charge in [-0.1, -0.05) is 45.0 Å². The summed E-state index contributed by atoms with van der Waals surface area (Å²) in [6.45, 7) is 12.6. The van der Waals surface area contributed by atoms with E-state index in [0.717, 1.165) is 40.4 Å². The molecule has 0 bridgehead atoms. The molecule has 24 heavy (non-hydrogen) atoms. The van der Waals surface area contributed by atoms with Gasteiger partial charge < -0.3 is 10.4 Å². The molecule has 0 amide bonds. The van der Waals surface area contributed by atoms with Gasteiger partial charge >= 0.3 is 0 Å². The molecule has 0 saturated heterocycles. The second-order valence-electron chi connectivity index (χ2n) is 6.65. The maximum Gasteiger partial charge on any atom is 0.120 e. The summed E-state index contributed by atoms with van der Waals surface area (Å²) in [6, 6.07) is 9.65. The first-order chi connectivity index (χ1) is 11.3. The molecule has 0 saturated carbocycles. The van der Waals surface area contributed by atoms with Gasteiger partial charge in [-0.25, -0.2) is 0 Å². The molecule has 3 heteroatoms. The molecule has 2 nitrogen and oxygen atoms in total. The summed E-state index contributed by atoms with van der Waals surface area (Å²) in [7, 11) is 0. The molecule has 2 N–H and O–H groups in total. The zero-order valence-electron chi connectivity index (χ0n) is 14.9. The first kappa shape index (κ1) is 18.4. The molecule has 0 aliphatic carbocycles. The van der Waals surface area contributed by atoms with Crippen molar-refractivity contribution in [3.8, 4) is 5.75 Å². The van der Waals surface area contributed by atoms with Crippen molar-refractivity contribution >= 4 is 23.0 Å². The topological polar surface area (TPSA) is 32.3 Å². The van der Waals surface area contributed by atoms with Crippen LogP contribution in [0.1, 0.15) is 43.0 Å². The van der Waals surface area contributed by atoms with Crippen LogP contribution in [0.25, 0.3) is 5.70 Å². The highest BCUT2D eigenvalue weighted by atomic mass is 35.5. The van der Waals surface area contributed by atoms with Gasteiger partial charge in [0.05, 0.1) is 0 Å². The van der Waals surface area contributed by atoms with Crippen LogP contribution in [0.15, 0.2) is 36.9 Å². The van der Waals surface area contributed by atoms with E-state index in [4.69, 9.17) is 11.6 Å². The van der Waals surface area contributed by atoms with Crippen LogP contribution in [0.3, 0.4) is 0 Å². The summed E-state index contributed by atoms with van der Waals surface area (Å²) in [5, 5.41) is 13.9. The fraction of sp³-hybridized carbons (Fsp3) is 0.333. The second kappa shape index (κ2) is 7.76. The summed E-state index contributed by atoms with van der Waals surface area (Å²) in [4.78, 5) is 0. The van der Waals surface area contributed by atoms with Crippen LogP contribution in [0, 0.1) is 12.8 Å². The second-order valence-corrected chi connectivity index (χ2v) is 7.06. The summed E-state index contributed by atoms with van der Waals surface area (Å²) < 4.78 is 0. The Morgan fingerprint density at radius 2 is 1.96 bits per heavy atom. The van der Waals surface area contributed by atoms with Gasteiger partial charge in [0.1, 0.15) is 5.75 Å². The number of benzene rings is 2. The Bertz CT molecular complexity index is 750. The molecular formula is C21H26ClNO. The van der Waals surface area contributed by atoms with Crippen molar-refractivity contribution in [2.45, 2.75) is 40.5 Å². The number of anilines is 1. The minimum absolute atomic E-state index is 0.271. The highest BCUT2D eigenvalue weighted by molar-refractivity contribution is 6.31. The molecule has 0 aromatic heterocycles. The monoisotopic (exact) mass is 343 g/mol. The van der Waals surface area contributed by atoms with Crippen LogP contribution in [-0.4, -0.2) is 5.11 Å². The molecule has 0 radical (unpaired) electrons. The number of nitrogens with one attached hydrogen (secondary N) is 1. The van der Waals surface area contributed by atoms with E-state index in [-0.39, 0.29) is 5.75 Å². The fourth-order valence-electron chi connectivity index (χ4n) is 2.82. The van der Waals surface area contributed by atoms with Crippen LogP contribution >= 0.6 is 11.6 Å². The average Bonchev–Trinajstić information content (AvgIpc) is 2.50. The van der Waals surface area contributed by atoms with E-state index in [9.17, 15) is 5.11 Å². The van der Waals surface area contributed by atoms with Crippen LogP contribution in [0.4, 0.5) is 5.69 Å². The lowest BCUT2D eigenvalue weighted by Crippen LogP contribution is -2.04. The number of hydrogen-bond acceptors (Lipinski definition) is 2. The van der Waals surface area contributed by atoms with E-state index in [1.54, 1.807) is 6.07 Å². The van der Waals surface area contributed by atoms with Crippen LogP contribution in [0.5, 0.6) is 5.75 Å². The lowest BCUT2D eigenvalue weighted by molar-refractivity contribution is 0.471. The van der Waals surface area contributed by atoms with Crippen LogP contribution in [0.2, 0.25) is 5.02 Å². The lowest BCUT2D eigenvalue weighted by Gasteiger charge is -2.17. The smallest absolute Gasteiger partial charge is 0.120 e. The third-order valence-electron chi connectivity index (χ3n) is 4.12. The Morgan fingerprint density at radius 1 is 1.25 bits per heavy atom. The predicted octanol–water partition coefficient (Wildman–Crippen LogP) is 6.20. The number of rotatable bonds is 6. The van der Waals surface area contributed by atoms with Crippen molar-refractivity contribution in [2.24, 2.45) is 5.92 Å². The van der Waals surface area contributed by atoms with Crippen molar-refractivity contribution < 1.29 is 5.11 Å². The summed E-state index contributed by atoms with van der Waals surface area (Å²) in [5.41, 5.74) is 5.91. The van der Waals surface area contributed by atoms with E-state index < -0.39 is 0 Å². The van der Waals surface area contributed by atoms with Crippen LogP contribution in [-0.2, 0) is 12.8 Å². The van der Waals surface area contributed by atoms with Crippen molar-refractivity contribution in [1.82, 2.24) is 0 Å². The molecule has 0 aliphatic heterocycles. The van der Waals surface area contributed by atoms with Gasteiger partial charge in [-0.2, -0.15) is 0 Å². The molecule has 2 rings (SSSR count). The highest BCUT2D eigenvalue weighted by Crippen LogP contribution is 2.29. The van der Waals surface area contributed by atoms with E-state index in [0.29, 0.717) is 5.92 Å². The maximum absolute atomic E-state index is 9.85. The van der Waals surface area contributed by atoms with Gasteiger partial charge in [0.2, 0.25) is 0 Å². The molecule has 2 aromatic rings. The molecule has 128 valence electrons. The van der Waals surface area contributed by atoms with E-state index in [2.05, 4.69) is 38.7 Å². The Balaban J connectivity index is 2.31. The Morgan fingerprint density at radius 3 is 2.54 bits per heavy atom. The minimum Gasteiger partial charge on any atom is -0.508 e. The van der Waals surface area contributed by atoms with E-state index in [1.165, 1.54) is 11.1 Å². The predicted molar refractivity (Wildman–Crippen MR) is 105 cm³/mol. The standard InChI is InChI=1S/C21H26ClNO/c1-6-19-17(9-13(2)3)10-16(11-20(19)22)15(5)23-18-8-7-14(4)21(24)12-18/h7-8,10-13,23-24H,5-6,9H2,1-4H3. The largest absolute Gasteiger partial charge is 0.508 e. The minimum atomic E-state index is 0.271. The van der Waals surface area contributed by atoms with Gasteiger partial charge in [-0.15, -0.1) is 0 Å². The summed E-state index contributed by atoms with van der Waals surface area (Å²) >= 11 is 6.50. The molecular weight excluding hydrogens is 318 g/mol. The maximum atomic E-state index is 9.85. The molecule has 2 aromatic carbocycles. The number of phenols is 1. The van der Waals surface area contributed by atoms with Crippen molar-refractivity contribution in [3.05, 3.63) is 64.2 Å². The third kappa shape index (κ3) is 4.33. The van der Waals surface area contributed by atoms with Crippen molar-refractivity contribution in [2.75, 3.05) is 5.32 Å². The first-order valence-corrected chi connectivity index (χ1v) is 8.76. The van der Waals surface area contributed by atoms with Gasteiger partial charge in [0, 0.05) is 22.5 Å². The molecule has 0 spiro atoms. The third-order valence-corrected chi connectivity index (χ3v) is 4.46. The van der Waals surface area contributed by atoms with E-state index >= 15 is 0 Å². The number of halogens is 1. The highest BCUT2D eigenvalue weighted by Gasteiger charge is 2.12. The molecule has 0 fully saturated rings. The number of phenolic OH excluding ortho intramolecular Hbond substituents is 1. The Hall–Kier alpha value is -1.93. The lowest BCUT2D eigenvalue weighted by atomic mass is 9.94. The van der Waals surface area contributed by atoms with Gasteiger partial charge in [-0.05, 0) is 66.1 Å². The fourth-order valence-corrected chi connectivity index (χ4v) is 3.19. The zero-order chi connectivity index (χ0) is 17.9. The molecule has 0 heterocycles. The summed E-state index contributed by atoms with van der Waals surface area (Å²) in [5.74, 6) is 0.838. The molecule has 0 aliphatic rings. The first-order valence-electron chi connectivity index (χ1n) is 8.39. The molecule has 0 atom stereocenters. The molecule has 0 unspecified atom stereocenters. The van der Waals surface area contributed by atoms with Gasteiger partial charge in [0.15, 0.2) is 0 Å². The SMILES string of the molecule is C=C(Nc1ccc(C)c(O)c1)c1cc(Cl)c(CC)c(CC(C)C)c1. The van der Waals surface area contributed by atoms with E-state index in [1.807, 2.05) is 25.1 Å². The number of aromatic hydroxyl groups is 1. The number of aryl methyl sites for hydroxylation is 1. The quantitative estimate of drug-likeness (QED) is 0.654. The van der Waals surface area contributed by atoms with Crippen LogP contribution < -0.4 is 5.32 Å². The van der Waals surface area contributed by atoms with Gasteiger partial charge in [0.25, 0.3) is 0 Å². The zero-order valence-corrected chi connectivity index (χ0v) is 15.7. The van der Waals surface area contributed by atoms with Crippen molar-refractivity contribution in [3.63, 3.8) is 0 Å². The normalized spacial score (nSPS) is 10.9. The Labute approximate surface area is 150 Å². The van der Waals surface area contributed by atoms with Crippen molar-refractivity contribution in [1.29, 1.82) is 0 Å². The summed E-state index contributed by atoms with van der Waals surface area (Å²) in [6.07, 6.45) is 1.92. The number of hydrogen-bond donors (Lipinski definition) is 2.